The fourth-order valence-corrected chi connectivity index (χ4v) is 1.47. The van der Waals surface area contributed by atoms with Crippen LogP contribution in [0, 0.1) is 17.5 Å². The number of hydrogen-bond acceptors (Lipinski definition) is 1. The van der Waals surface area contributed by atoms with Crippen LogP contribution in [0.2, 0.25) is 0 Å². The molecule has 0 aliphatic heterocycles. The van der Waals surface area contributed by atoms with Gasteiger partial charge in [0, 0.05) is 12.1 Å². The van der Waals surface area contributed by atoms with Crippen molar-refractivity contribution in [2.45, 2.75) is 6.54 Å². The fourth-order valence-electron chi connectivity index (χ4n) is 1.47. The Morgan fingerprint density at radius 1 is 0.882 bits per heavy atom. The van der Waals surface area contributed by atoms with E-state index >= 15 is 0 Å². The van der Waals surface area contributed by atoms with Crippen molar-refractivity contribution >= 4 is 5.69 Å². The van der Waals surface area contributed by atoms with Crippen LogP contribution >= 0.6 is 0 Å². The molecule has 0 aliphatic carbocycles. The molecule has 0 bridgehead atoms. The number of rotatable bonds is 3. The summed E-state index contributed by atoms with van der Waals surface area (Å²) in [6.07, 6.45) is 0. The van der Waals surface area contributed by atoms with Crippen LogP contribution < -0.4 is 5.32 Å². The maximum Gasteiger partial charge on any atom is 0.146 e. The third kappa shape index (κ3) is 2.78. The minimum Gasteiger partial charge on any atom is -0.378 e. The van der Waals surface area contributed by atoms with Gasteiger partial charge in [-0.3, -0.25) is 0 Å². The van der Waals surface area contributed by atoms with Crippen molar-refractivity contribution in [3.63, 3.8) is 0 Å². The zero-order valence-corrected chi connectivity index (χ0v) is 8.88. The second-order valence-corrected chi connectivity index (χ2v) is 3.57. The molecule has 0 unspecified atom stereocenters. The van der Waals surface area contributed by atoms with Crippen LogP contribution in [-0.4, -0.2) is 0 Å². The monoisotopic (exact) mass is 237 g/mol. The Balaban J connectivity index is 2.12. The normalized spacial score (nSPS) is 10.3. The number of anilines is 1. The van der Waals surface area contributed by atoms with E-state index in [1.54, 1.807) is 18.2 Å². The highest BCUT2D eigenvalue weighted by Crippen LogP contribution is 2.17. The summed E-state index contributed by atoms with van der Waals surface area (Å²) in [5.74, 6) is -1.48. The maximum atomic E-state index is 13.3. The fraction of sp³-hybridized carbons (Fsp3) is 0.0769. The molecule has 2 rings (SSSR count). The van der Waals surface area contributed by atoms with Crippen molar-refractivity contribution < 1.29 is 13.2 Å². The Labute approximate surface area is 96.9 Å². The van der Waals surface area contributed by atoms with Gasteiger partial charge in [0.05, 0.1) is 5.69 Å². The molecular weight excluding hydrogens is 227 g/mol. The van der Waals surface area contributed by atoms with Gasteiger partial charge in [0.2, 0.25) is 0 Å². The van der Waals surface area contributed by atoms with E-state index in [0.717, 1.165) is 18.2 Å². The Morgan fingerprint density at radius 3 is 2.41 bits per heavy atom. The molecule has 2 aromatic carbocycles. The highest BCUT2D eigenvalue weighted by Gasteiger charge is 2.05. The summed E-state index contributed by atoms with van der Waals surface area (Å²) in [6.45, 7) is 0.104. The second-order valence-electron chi connectivity index (χ2n) is 3.57. The van der Waals surface area contributed by atoms with Crippen LogP contribution in [0.4, 0.5) is 18.9 Å². The summed E-state index contributed by atoms with van der Waals surface area (Å²) in [5.41, 5.74) is 0.421. The molecule has 2 aromatic rings. The quantitative estimate of drug-likeness (QED) is 0.857. The average Bonchev–Trinajstić information content (AvgIpc) is 2.32. The van der Waals surface area contributed by atoms with Crippen LogP contribution in [0.3, 0.4) is 0 Å². The van der Waals surface area contributed by atoms with Crippen LogP contribution in [0.1, 0.15) is 5.56 Å². The van der Waals surface area contributed by atoms with E-state index in [-0.39, 0.29) is 18.0 Å². The molecule has 88 valence electrons. The van der Waals surface area contributed by atoms with Gasteiger partial charge in [0.1, 0.15) is 17.5 Å². The Hall–Kier alpha value is -1.97. The summed E-state index contributed by atoms with van der Waals surface area (Å²) < 4.78 is 39.4. The van der Waals surface area contributed by atoms with E-state index in [1.165, 1.54) is 6.07 Å². The molecule has 1 N–H and O–H groups in total. The smallest absolute Gasteiger partial charge is 0.146 e. The molecule has 0 atom stereocenters. The SMILES string of the molecule is Fc1ccc(F)c(NCc2ccccc2F)c1. The van der Waals surface area contributed by atoms with Crippen LogP contribution in [-0.2, 0) is 6.54 Å². The lowest BCUT2D eigenvalue weighted by Gasteiger charge is -2.08. The zero-order chi connectivity index (χ0) is 12.3. The molecule has 0 fully saturated rings. The average molecular weight is 237 g/mol. The Kier molecular flexibility index (Phi) is 3.32. The number of halogens is 3. The second kappa shape index (κ2) is 4.91. The van der Waals surface area contributed by atoms with E-state index in [9.17, 15) is 13.2 Å². The van der Waals surface area contributed by atoms with E-state index in [1.807, 2.05) is 0 Å². The third-order valence-corrected chi connectivity index (χ3v) is 2.36. The minimum atomic E-state index is -0.567. The summed E-state index contributed by atoms with van der Waals surface area (Å²) in [5, 5.41) is 2.66. The summed E-state index contributed by atoms with van der Waals surface area (Å²) in [6, 6.07) is 9.25. The largest absolute Gasteiger partial charge is 0.378 e. The van der Waals surface area contributed by atoms with Crippen molar-refractivity contribution in [1.29, 1.82) is 0 Å². The summed E-state index contributed by atoms with van der Waals surface area (Å²) in [7, 11) is 0. The standard InChI is InChI=1S/C13H10F3N/c14-10-5-6-12(16)13(7-10)17-8-9-3-1-2-4-11(9)15/h1-7,17H,8H2. The molecule has 17 heavy (non-hydrogen) atoms. The molecule has 0 spiro atoms. The number of benzene rings is 2. The van der Waals surface area contributed by atoms with Gasteiger partial charge in [-0.25, -0.2) is 13.2 Å². The van der Waals surface area contributed by atoms with Crippen LogP contribution in [0.5, 0.6) is 0 Å². The summed E-state index contributed by atoms with van der Waals surface area (Å²) >= 11 is 0. The summed E-state index contributed by atoms with van der Waals surface area (Å²) in [4.78, 5) is 0. The van der Waals surface area contributed by atoms with Gasteiger partial charge >= 0.3 is 0 Å². The predicted octanol–water partition coefficient (Wildman–Crippen LogP) is 3.72. The Morgan fingerprint density at radius 2 is 1.65 bits per heavy atom. The lowest BCUT2D eigenvalue weighted by molar-refractivity contribution is 0.599. The molecule has 1 nitrogen and oxygen atoms in total. The first kappa shape index (κ1) is 11.5. The first-order valence-corrected chi connectivity index (χ1v) is 5.09. The van der Waals surface area contributed by atoms with E-state index < -0.39 is 11.6 Å². The maximum absolute atomic E-state index is 13.3. The molecule has 0 aromatic heterocycles. The van der Waals surface area contributed by atoms with Gasteiger partial charge in [0.15, 0.2) is 0 Å². The highest BCUT2D eigenvalue weighted by molar-refractivity contribution is 5.45. The molecular formula is C13H10F3N. The zero-order valence-electron chi connectivity index (χ0n) is 8.88. The first-order chi connectivity index (χ1) is 8.16. The topological polar surface area (TPSA) is 12.0 Å². The molecule has 4 heteroatoms. The predicted molar refractivity (Wildman–Crippen MR) is 60.1 cm³/mol. The number of hydrogen-bond donors (Lipinski definition) is 1. The molecule has 0 saturated heterocycles. The third-order valence-electron chi connectivity index (χ3n) is 2.36. The van der Waals surface area contributed by atoms with E-state index in [4.69, 9.17) is 0 Å². The molecule has 0 radical (unpaired) electrons. The number of nitrogens with one attached hydrogen (secondary N) is 1. The van der Waals surface area contributed by atoms with Crippen LogP contribution in [0.15, 0.2) is 42.5 Å². The molecule has 0 saturated carbocycles. The highest BCUT2D eigenvalue weighted by atomic mass is 19.1. The van der Waals surface area contributed by atoms with Crippen molar-refractivity contribution in [2.75, 3.05) is 5.32 Å². The van der Waals surface area contributed by atoms with Gasteiger partial charge in [-0.05, 0) is 24.3 Å². The van der Waals surface area contributed by atoms with Crippen molar-refractivity contribution in [3.8, 4) is 0 Å². The van der Waals surface area contributed by atoms with Crippen molar-refractivity contribution in [1.82, 2.24) is 0 Å². The van der Waals surface area contributed by atoms with Crippen LogP contribution in [0.25, 0.3) is 0 Å². The van der Waals surface area contributed by atoms with Crippen molar-refractivity contribution in [3.05, 3.63) is 65.5 Å². The molecule has 0 amide bonds. The van der Waals surface area contributed by atoms with Gasteiger partial charge in [-0.1, -0.05) is 18.2 Å². The first-order valence-electron chi connectivity index (χ1n) is 5.09. The molecule has 0 aliphatic rings. The lowest BCUT2D eigenvalue weighted by Crippen LogP contribution is -2.03. The van der Waals surface area contributed by atoms with Crippen molar-refractivity contribution in [2.24, 2.45) is 0 Å². The van der Waals surface area contributed by atoms with E-state index in [2.05, 4.69) is 5.32 Å². The lowest BCUT2D eigenvalue weighted by atomic mass is 10.2. The molecule has 0 heterocycles. The van der Waals surface area contributed by atoms with E-state index in [0.29, 0.717) is 5.56 Å². The Bertz CT molecular complexity index is 526. The van der Waals surface area contributed by atoms with Gasteiger partial charge in [-0.2, -0.15) is 0 Å². The minimum absolute atomic E-state index is 0.0215. The van der Waals surface area contributed by atoms with Gasteiger partial charge in [-0.15, -0.1) is 0 Å². The van der Waals surface area contributed by atoms with Gasteiger partial charge in [0.25, 0.3) is 0 Å². The van der Waals surface area contributed by atoms with Gasteiger partial charge < -0.3 is 5.32 Å².